The van der Waals surface area contributed by atoms with Crippen LogP contribution in [0.1, 0.15) is 13.8 Å². The Bertz CT molecular complexity index is 764. The first-order valence-electron chi connectivity index (χ1n) is 9.36. The molecule has 11 atom stereocenters. The molecule has 2 aliphatic rings. The van der Waals surface area contributed by atoms with Gasteiger partial charge in [0, 0.05) is 0 Å². The van der Waals surface area contributed by atoms with E-state index in [1.807, 2.05) is 0 Å². The zero-order chi connectivity index (χ0) is 25.1. The highest BCUT2D eigenvalue weighted by Crippen LogP contribution is 2.50. The number of ether oxygens (including phenoxy) is 2. The molecule has 0 aromatic heterocycles. The van der Waals surface area contributed by atoms with E-state index in [0.29, 0.717) is 0 Å². The lowest BCUT2D eigenvalue weighted by molar-refractivity contribution is -0.133. The molecule has 0 radical (unpaired) electrons. The van der Waals surface area contributed by atoms with Gasteiger partial charge in [-0.05, 0) is 13.8 Å². The summed E-state index contributed by atoms with van der Waals surface area (Å²) < 4.78 is 68.2. The predicted molar refractivity (Wildman–Crippen MR) is 103 cm³/mol. The maximum Gasteiger partial charge on any atom is 0.472 e. The first kappa shape index (κ1) is 29.4. The normalized spacial score (nSPS) is 39.5. The van der Waals surface area contributed by atoms with Crippen LogP contribution in [0.25, 0.3) is 0 Å². The second-order valence-electron chi connectivity index (χ2n) is 7.22. The van der Waals surface area contributed by atoms with Crippen LogP contribution in [-0.4, -0.2) is 104 Å². The molecule has 0 bridgehead atoms. The fraction of sp³-hybridized carbons (Fsp3) is 1.00. The Kier molecular flexibility index (Phi) is 10.6. The summed E-state index contributed by atoms with van der Waals surface area (Å²) >= 11 is 0. The fourth-order valence-corrected chi connectivity index (χ4v) is 5.34. The second kappa shape index (κ2) is 11.9. The van der Waals surface area contributed by atoms with Gasteiger partial charge in [-0.25, -0.2) is 9.13 Å². The summed E-state index contributed by atoms with van der Waals surface area (Å²) in [6.07, 6.45) is -14.7. The molecular formula is C13H27O17P3. The zero-order valence-corrected chi connectivity index (χ0v) is 20.0. The van der Waals surface area contributed by atoms with E-state index < -0.39 is 92.4 Å². The van der Waals surface area contributed by atoms with E-state index in [0.717, 1.165) is 0 Å². The first-order chi connectivity index (χ1) is 15.1. The molecule has 2 aliphatic heterocycles. The van der Waals surface area contributed by atoms with Crippen molar-refractivity contribution in [2.75, 3.05) is 13.2 Å². The second-order valence-corrected chi connectivity index (χ2v) is 10.8. The van der Waals surface area contributed by atoms with Crippen molar-refractivity contribution in [2.45, 2.75) is 69.2 Å². The van der Waals surface area contributed by atoms with E-state index >= 15 is 0 Å². The predicted octanol–water partition coefficient (Wildman–Crippen LogP) is -2.05. The lowest BCUT2D eigenvalue weighted by Gasteiger charge is -2.25. The van der Waals surface area contributed by atoms with Gasteiger partial charge in [0.2, 0.25) is 0 Å². The average Bonchev–Trinajstić information content (AvgIpc) is 3.08. The minimum absolute atomic E-state index is 0.686. The van der Waals surface area contributed by atoms with Gasteiger partial charge in [0.25, 0.3) is 0 Å². The molecule has 0 amide bonds. The van der Waals surface area contributed by atoms with E-state index in [4.69, 9.17) is 32.5 Å². The van der Waals surface area contributed by atoms with Gasteiger partial charge in [0.1, 0.15) is 36.6 Å². The maximum atomic E-state index is 12.3. The summed E-state index contributed by atoms with van der Waals surface area (Å²) in [6, 6.07) is 0. The lowest BCUT2D eigenvalue weighted by Crippen LogP contribution is -2.38. The molecule has 20 heteroatoms. The highest BCUT2D eigenvalue weighted by atomic mass is 31.2. The van der Waals surface area contributed by atoms with Crippen molar-refractivity contribution in [3.8, 4) is 0 Å². The van der Waals surface area contributed by atoms with Crippen molar-refractivity contribution in [3.05, 3.63) is 0 Å². The number of hydrogen-bond donors (Lipinski definition) is 7. The lowest BCUT2D eigenvalue weighted by atomic mass is 10.1. The van der Waals surface area contributed by atoms with Crippen molar-refractivity contribution in [2.24, 2.45) is 0 Å². The van der Waals surface area contributed by atoms with Crippen LogP contribution in [0.5, 0.6) is 0 Å². The van der Waals surface area contributed by atoms with E-state index in [-0.39, 0.29) is 0 Å². The molecule has 2 rings (SSSR count). The van der Waals surface area contributed by atoms with Gasteiger partial charge < -0.3 is 49.1 Å². The van der Waals surface area contributed by atoms with Crippen LogP contribution in [0, 0.1) is 0 Å². The van der Waals surface area contributed by atoms with Crippen molar-refractivity contribution < 1.29 is 80.9 Å². The molecule has 33 heavy (non-hydrogen) atoms. The molecule has 0 spiro atoms. The zero-order valence-electron chi connectivity index (χ0n) is 17.2. The largest absolute Gasteiger partial charge is 0.472 e. The smallest absolute Gasteiger partial charge is 0.385 e. The van der Waals surface area contributed by atoms with E-state index in [1.165, 1.54) is 13.8 Å². The molecule has 0 saturated carbocycles. The molecule has 7 N–H and O–H groups in total. The Hall–Kier alpha value is 0.130. The third-order valence-electron chi connectivity index (χ3n) is 4.25. The molecule has 0 aromatic rings. The number of phosphoric ester groups is 2. The van der Waals surface area contributed by atoms with Gasteiger partial charge in [-0.15, -0.1) is 0 Å². The molecule has 17 nitrogen and oxygen atoms in total. The van der Waals surface area contributed by atoms with Crippen molar-refractivity contribution >= 4 is 23.9 Å². The van der Waals surface area contributed by atoms with Crippen LogP contribution in [0.3, 0.4) is 0 Å². The quantitative estimate of drug-likeness (QED) is 0.130. The van der Waals surface area contributed by atoms with Crippen LogP contribution in [0.4, 0.5) is 0 Å². The average molecular weight is 548 g/mol. The number of phosphoric acid groups is 2. The van der Waals surface area contributed by atoms with Gasteiger partial charge in [-0.1, -0.05) is 0 Å². The van der Waals surface area contributed by atoms with Crippen LogP contribution in [0.2, 0.25) is 0 Å². The SMILES string of the molecule is CC(C)OP(=O)(O)O[C@H]1[C@@H](O)[C@H](O)O[C@@H]1COP(=O)(O)O[C@H]1[C@@H](O)[C@H](O)O[C@@H]1CO[PH](=O)O. The highest BCUT2D eigenvalue weighted by molar-refractivity contribution is 7.47. The Balaban J connectivity index is 2.02. The minimum atomic E-state index is -5.08. The molecule has 196 valence electrons. The highest BCUT2D eigenvalue weighted by Gasteiger charge is 2.50. The standard InChI is InChI=1S/C13H27O17P3/c1-5(2)28-33(22,23)30-11-7(27-13(17)9(11)15)4-25-32(20,21)29-10-6(3-24-31(18)19)26-12(16)8(10)14/h5-17,31H,3-4H2,1-2H3,(H,18,19)(H,20,21)(H,22,23)/t6-,7-,8-,9-,10-,11-,12-,13-/m1/s1. The topological polar surface area (TPSA) is 257 Å². The summed E-state index contributed by atoms with van der Waals surface area (Å²) in [4.78, 5) is 28.4. The summed E-state index contributed by atoms with van der Waals surface area (Å²) in [7, 11) is -13.2. The van der Waals surface area contributed by atoms with Crippen molar-refractivity contribution in [3.63, 3.8) is 0 Å². The summed E-state index contributed by atoms with van der Waals surface area (Å²) in [5.74, 6) is 0. The van der Waals surface area contributed by atoms with Crippen LogP contribution in [0.15, 0.2) is 0 Å². The Labute approximate surface area is 187 Å². The van der Waals surface area contributed by atoms with Gasteiger partial charge in [-0.3, -0.25) is 22.7 Å². The van der Waals surface area contributed by atoms with Gasteiger partial charge in [0.05, 0.1) is 19.3 Å². The van der Waals surface area contributed by atoms with E-state index in [2.05, 4.69) is 4.52 Å². The van der Waals surface area contributed by atoms with Gasteiger partial charge >= 0.3 is 23.9 Å². The van der Waals surface area contributed by atoms with Crippen molar-refractivity contribution in [1.29, 1.82) is 0 Å². The number of hydrogen-bond acceptors (Lipinski definition) is 14. The number of aliphatic hydroxyl groups is 4. The van der Waals surface area contributed by atoms with E-state index in [1.54, 1.807) is 0 Å². The Morgan fingerprint density at radius 2 is 1.33 bits per heavy atom. The molecule has 2 saturated heterocycles. The molecular weight excluding hydrogens is 521 g/mol. The third-order valence-corrected chi connectivity index (χ3v) is 6.84. The molecule has 3 unspecified atom stereocenters. The molecule has 2 fully saturated rings. The van der Waals surface area contributed by atoms with Crippen LogP contribution >= 0.6 is 23.9 Å². The van der Waals surface area contributed by atoms with Gasteiger partial charge in [0.15, 0.2) is 12.6 Å². The number of rotatable bonds is 12. The summed E-state index contributed by atoms with van der Waals surface area (Å²) in [5, 5.41) is 39.1. The van der Waals surface area contributed by atoms with Crippen LogP contribution < -0.4 is 0 Å². The van der Waals surface area contributed by atoms with Crippen molar-refractivity contribution in [1.82, 2.24) is 0 Å². The third kappa shape index (κ3) is 8.63. The van der Waals surface area contributed by atoms with Crippen LogP contribution in [-0.2, 0) is 45.8 Å². The van der Waals surface area contributed by atoms with E-state index in [9.17, 15) is 43.9 Å². The maximum absolute atomic E-state index is 12.3. The Morgan fingerprint density at radius 3 is 1.79 bits per heavy atom. The summed E-state index contributed by atoms with van der Waals surface area (Å²) in [6.45, 7) is 1.25. The molecule has 0 aliphatic carbocycles. The molecule has 2 heterocycles. The Morgan fingerprint density at radius 1 is 0.879 bits per heavy atom. The fourth-order valence-electron chi connectivity index (χ4n) is 2.92. The molecule has 0 aromatic carbocycles. The number of aliphatic hydroxyl groups excluding tert-OH is 4. The monoisotopic (exact) mass is 548 g/mol. The first-order valence-corrected chi connectivity index (χ1v) is 13.6. The summed E-state index contributed by atoms with van der Waals surface area (Å²) in [5.41, 5.74) is 0. The minimum Gasteiger partial charge on any atom is -0.385 e. The van der Waals surface area contributed by atoms with Gasteiger partial charge in [-0.2, -0.15) is 0 Å².